The molecule has 4 nitrogen and oxygen atoms in total. The van der Waals surface area contributed by atoms with Gasteiger partial charge in [0, 0.05) is 36.2 Å². The molecule has 0 spiro atoms. The van der Waals surface area contributed by atoms with Crippen molar-refractivity contribution in [2.45, 2.75) is 6.92 Å². The quantitative estimate of drug-likeness (QED) is 0.759. The van der Waals surface area contributed by atoms with Gasteiger partial charge in [-0.1, -0.05) is 12.1 Å². The number of aromatic nitrogens is 1. The fourth-order valence-electron chi connectivity index (χ4n) is 1.80. The lowest BCUT2D eigenvalue weighted by Gasteiger charge is -2.13. The van der Waals surface area contributed by atoms with Gasteiger partial charge < -0.3 is 10.6 Å². The molecule has 2 rings (SSSR count). The van der Waals surface area contributed by atoms with Crippen LogP contribution in [-0.2, 0) is 0 Å². The number of rotatable bonds is 1. The molecule has 1 aromatic heterocycles. The van der Waals surface area contributed by atoms with Crippen molar-refractivity contribution in [2.75, 3.05) is 19.8 Å². The molecule has 0 radical (unpaired) electrons. The maximum Gasteiger partial charge on any atom is 0.272 e. The molecule has 1 aromatic carbocycles. The minimum absolute atomic E-state index is 0.107. The van der Waals surface area contributed by atoms with E-state index in [9.17, 15) is 4.79 Å². The summed E-state index contributed by atoms with van der Waals surface area (Å²) >= 11 is 0. The molecule has 2 N–H and O–H groups in total. The highest BCUT2D eigenvalue weighted by Gasteiger charge is 2.15. The van der Waals surface area contributed by atoms with E-state index in [1.165, 1.54) is 4.90 Å². The minimum atomic E-state index is -0.107. The molecule has 0 aliphatic heterocycles. The lowest BCUT2D eigenvalue weighted by molar-refractivity contribution is 0.0824. The number of benzene rings is 1. The Hall–Kier alpha value is -2.10. The van der Waals surface area contributed by atoms with E-state index < -0.39 is 0 Å². The Morgan fingerprint density at radius 3 is 2.65 bits per heavy atom. The molecular formula is C13H15N3O. The zero-order valence-corrected chi connectivity index (χ0v) is 10.2. The first-order valence-electron chi connectivity index (χ1n) is 5.38. The van der Waals surface area contributed by atoms with E-state index in [0.717, 1.165) is 16.5 Å². The van der Waals surface area contributed by atoms with E-state index in [2.05, 4.69) is 4.98 Å². The monoisotopic (exact) mass is 229 g/mol. The van der Waals surface area contributed by atoms with Gasteiger partial charge in [0.15, 0.2) is 0 Å². The number of amides is 1. The molecule has 1 amide bonds. The number of fused-ring (bicyclic) bond motifs is 1. The van der Waals surface area contributed by atoms with E-state index >= 15 is 0 Å². The van der Waals surface area contributed by atoms with Crippen molar-refractivity contribution < 1.29 is 4.79 Å². The summed E-state index contributed by atoms with van der Waals surface area (Å²) in [4.78, 5) is 17.9. The molecule has 0 saturated carbocycles. The van der Waals surface area contributed by atoms with Gasteiger partial charge in [0.1, 0.15) is 5.69 Å². The van der Waals surface area contributed by atoms with E-state index in [-0.39, 0.29) is 5.91 Å². The van der Waals surface area contributed by atoms with Crippen molar-refractivity contribution in [3.05, 3.63) is 35.7 Å². The Balaban J connectivity index is 2.79. The van der Waals surface area contributed by atoms with Gasteiger partial charge in [-0.25, -0.2) is 4.98 Å². The summed E-state index contributed by atoms with van der Waals surface area (Å²) in [5, 5.41) is 1.68. The van der Waals surface area contributed by atoms with Gasteiger partial charge in [0.25, 0.3) is 5.91 Å². The minimum Gasteiger partial charge on any atom is -0.398 e. The summed E-state index contributed by atoms with van der Waals surface area (Å²) in [6.07, 6.45) is 0. The van der Waals surface area contributed by atoms with Crippen LogP contribution < -0.4 is 5.73 Å². The zero-order valence-electron chi connectivity index (χ0n) is 10.2. The number of hydrogen-bond acceptors (Lipinski definition) is 3. The summed E-state index contributed by atoms with van der Waals surface area (Å²) in [6, 6.07) is 7.43. The average Bonchev–Trinajstić information content (AvgIpc) is 2.28. The fourth-order valence-corrected chi connectivity index (χ4v) is 1.80. The molecule has 17 heavy (non-hydrogen) atoms. The number of nitrogens with two attached hydrogens (primary N) is 1. The Bertz CT molecular complexity index is 590. The molecule has 0 bridgehead atoms. The van der Waals surface area contributed by atoms with Crippen molar-refractivity contribution in [3.8, 4) is 0 Å². The topological polar surface area (TPSA) is 59.2 Å². The molecule has 0 saturated heterocycles. The first kappa shape index (κ1) is 11.4. The third-order valence-electron chi connectivity index (χ3n) is 2.65. The number of nitrogen functional groups attached to an aromatic ring is 1. The smallest absolute Gasteiger partial charge is 0.272 e. The van der Waals surface area contributed by atoms with Crippen molar-refractivity contribution in [1.29, 1.82) is 0 Å². The van der Waals surface area contributed by atoms with Crippen LogP contribution in [-0.4, -0.2) is 29.9 Å². The second-order valence-electron chi connectivity index (χ2n) is 4.25. The van der Waals surface area contributed by atoms with Crippen LogP contribution in [0.15, 0.2) is 24.3 Å². The van der Waals surface area contributed by atoms with Crippen LogP contribution in [0.3, 0.4) is 0 Å². The first-order chi connectivity index (χ1) is 8.00. The lowest BCUT2D eigenvalue weighted by atomic mass is 10.1. The molecule has 2 aromatic rings. The number of hydrogen-bond donors (Lipinski definition) is 1. The average molecular weight is 229 g/mol. The van der Waals surface area contributed by atoms with Crippen LogP contribution in [0, 0.1) is 6.92 Å². The van der Waals surface area contributed by atoms with Crippen LogP contribution in [0.4, 0.5) is 5.69 Å². The lowest BCUT2D eigenvalue weighted by Crippen LogP contribution is -2.23. The Morgan fingerprint density at radius 2 is 2.00 bits per heavy atom. The summed E-state index contributed by atoms with van der Waals surface area (Å²) in [5.74, 6) is -0.107. The predicted molar refractivity (Wildman–Crippen MR) is 68.9 cm³/mol. The second-order valence-corrected chi connectivity index (χ2v) is 4.25. The van der Waals surface area contributed by atoms with Crippen LogP contribution in [0.5, 0.6) is 0 Å². The third kappa shape index (κ3) is 1.93. The van der Waals surface area contributed by atoms with E-state index in [1.807, 2.05) is 31.2 Å². The molecular weight excluding hydrogens is 214 g/mol. The normalized spacial score (nSPS) is 10.5. The van der Waals surface area contributed by atoms with E-state index in [1.54, 1.807) is 14.1 Å². The molecule has 0 aliphatic rings. The van der Waals surface area contributed by atoms with Gasteiger partial charge in [-0.05, 0) is 19.1 Å². The van der Waals surface area contributed by atoms with E-state index in [4.69, 9.17) is 5.73 Å². The number of pyridine rings is 1. The summed E-state index contributed by atoms with van der Waals surface area (Å²) in [7, 11) is 3.43. The standard InChI is InChI=1S/C13H15N3O/c1-8-7-10-9(5-4-6-11(10)14)12(15-8)13(17)16(2)3/h4-7H,14H2,1-3H3. The zero-order chi connectivity index (χ0) is 12.6. The molecule has 0 fully saturated rings. The van der Waals surface area contributed by atoms with Crippen molar-refractivity contribution in [3.63, 3.8) is 0 Å². The van der Waals surface area contributed by atoms with Gasteiger partial charge in [0.2, 0.25) is 0 Å². The van der Waals surface area contributed by atoms with Crippen LogP contribution in [0.2, 0.25) is 0 Å². The first-order valence-corrected chi connectivity index (χ1v) is 5.38. The molecule has 0 unspecified atom stereocenters. The predicted octanol–water partition coefficient (Wildman–Crippen LogP) is 1.83. The number of carbonyl (C=O) groups excluding carboxylic acids is 1. The molecule has 0 aliphatic carbocycles. The van der Waals surface area contributed by atoms with Gasteiger partial charge in [-0.15, -0.1) is 0 Å². The number of carbonyl (C=O) groups is 1. The van der Waals surface area contributed by atoms with Gasteiger partial charge >= 0.3 is 0 Å². The van der Waals surface area contributed by atoms with Crippen molar-refractivity contribution >= 4 is 22.4 Å². The maximum atomic E-state index is 12.0. The largest absolute Gasteiger partial charge is 0.398 e. The maximum absolute atomic E-state index is 12.0. The van der Waals surface area contributed by atoms with Gasteiger partial charge in [-0.2, -0.15) is 0 Å². The summed E-state index contributed by atoms with van der Waals surface area (Å²) in [6.45, 7) is 1.86. The highest BCUT2D eigenvalue weighted by molar-refractivity contribution is 6.08. The molecule has 4 heteroatoms. The summed E-state index contributed by atoms with van der Waals surface area (Å²) in [5.41, 5.74) is 7.83. The Kier molecular flexibility index (Phi) is 2.71. The number of nitrogens with zero attached hydrogens (tertiary/aromatic N) is 2. The fraction of sp³-hybridized carbons (Fsp3) is 0.231. The van der Waals surface area contributed by atoms with Gasteiger partial charge in [0.05, 0.1) is 0 Å². The number of anilines is 1. The molecule has 0 atom stereocenters. The Labute approximate surface area is 100 Å². The van der Waals surface area contributed by atoms with Crippen LogP contribution >= 0.6 is 0 Å². The van der Waals surface area contributed by atoms with Crippen LogP contribution in [0.25, 0.3) is 10.8 Å². The van der Waals surface area contributed by atoms with Gasteiger partial charge in [-0.3, -0.25) is 4.79 Å². The second kappa shape index (κ2) is 4.05. The van der Waals surface area contributed by atoms with Crippen molar-refractivity contribution in [1.82, 2.24) is 9.88 Å². The molecule has 1 heterocycles. The van der Waals surface area contributed by atoms with E-state index in [0.29, 0.717) is 11.4 Å². The third-order valence-corrected chi connectivity index (χ3v) is 2.65. The summed E-state index contributed by atoms with van der Waals surface area (Å²) < 4.78 is 0. The highest BCUT2D eigenvalue weighted by atomic mass is 16.2. The molecule has 88 valence electrons. The van der Waals surface area contributed by atoms with Crippen molar-refractivity contribution in [2.24, 2.45) is 0 Å². The highest BCUT2D eigenvalue weighted by Crippen LogP contribution is 2.24. The Morgan fingerprint density at radius 1 is 1.29 bits per heavy atom. The SMILES string of the molecule is Cc1cc2c(N)cccc2c(C(=O)N(C)C)n1. The van der Waals surface area contributed by atoms with Crippen LogP contribution in [0.1, 0.15) is 16.2 Å². The number of aryl methyl sites for hydroxylation is 1.